The van der Waals surface area contributed by atoms with E-state index < -0.39 is 0 Å². The second-order valence-corrected chi connectivity index (χ2v) is 2.56. The monoisotopic (exact) mass is 195 g/mol. The molecule has 0 saturated carbocycles. The van der Waals surface area contributed by atoms with Gasteiger partial charge in [-0.25, -0.2) is 0 Å². The molecule has 1 rings (SSSR count). The standard InChI is InChI=1S/C7H8.C3H7NO.C2H6/c1-7-5-3-2-4-6-7;1-3(5)2-4;1-2/h2-6H,1H3;2,4H2,1H3;1-2H3. The Morgan fingerprint density at radius 1 is 1.21 bits per heavy atom. The van der Waals surface area contributed by atoms with Crippen molar-refractivity contribution in [3.63, 3.8) is 0 Å². The Labute approximate surface area is 87.1 Å². The Bertz CT molecular complexity index is 219. The first-order valence-electron chi connectivity index (χ1n) is 4.88. The molecule has 0 heterocycles. The van der Waals surface area contributed by atoms with Crippen LogP contribution in [0.15, 0.2) is 30.3 Å². The number of carbonyl (C=O) groups excluding carboxylic acids is 1. The molecule has 1 aromatic rings. The molecular weight excluding hydrogens is 174 g/mol. The second-order valence-electron chi connectivity index (χ2n) is 2.56. The zero-order chi connectivity index (χ0) is 11.4. The minimum atomic E-state index is 0.0324. The lowest BCUT2D eigenvalue weighted by Gasteiger charge is -1.82. The van der Waals surface area contributed by atoms with Crippen molar-refractivity contribution in [1.82, 2.24) is 0 Å². The molecule has 80 valence electrons. The van der Waals surface area contributed by atoms with Crippen LogP contribution in [0, 0.1) is 6.92 Å². The first-order chi connectivity index (χ1) is 6.66. The normalized spacial score (nSPS) is 7.50. The summed E-state index contributed by atoms with van der Waals surface area (Å²) in [7, 11) is 0. The summed E-state index contributed by atoms with van der Waals surface area (Å²) in [5.74, 6) is 0.0324. The van der Waals surface area contributed by atoms with Gasteiger partial charge in [-0.2, -0.15) is 0 Å². The van der Waals surface area contributed by atoms with Crippen LogP contribution in [0.2, 0.25) is 0 Å². The van der Waals surface area contributed by atoms with Crippen LogP contribution in [0.3, 0.4) is 0 Å². The van der Waals surface area contributed by atoms with Gasteiger partial charge in [0.15, 0.2) is 0 Å². The van der Waals surface area contributed by atoms with E-state index in [-0.39, 0.29) is 12.3 Å². The predicted octanol–water partition coefficient (Wildman–Crippen LogP) is 2.56. The summed E-state index contributed by atoms with van der Waals surface area (Å²) in [5, 5.41) is 0. The van der Waals surface area contributed by atoms with E-state index in [2.05, 4.69) is 19.1 Å². The van der Waals surface area contributed by atoms with E-state index in [9.17, 15) is 4.79 Å². The quantitative estimate of drug-likeness (QED) is 0.748. The lowest BCUT2D eigenvalue weighted by molar-refractivity contribution is -0.115. The molecule has 0 amide bonds. The van der Waals surface area contributed by atoms with Gasteiger partial charge in [0.2, 0.25) is 0 Å². The third-order valence-electron chi connectivity index (χ3n) is 1.23. The zero-order valence-electron chi connectivity index (χ0n) is 9.58. The zero-order valence-corrected chi connectivity index (χ0v) is 9.58. The number of hydrogen-bond donors (Lipinski definition) is 1. The Kier molecular flexibility index (Phi) is 13.0. The number of rotatable bonds is 1. The fourth-order valence-electron chi connectivity index (χ4n) is 0.534. The third-order valence-corrected chi connectivity index (χ3v) is 1.23. The summed E-state index contributed by atoms with van der Waals surface area (Å²) < 4.78 is 0. The van der Waals surface area contributed by atoms with E-state index in [1.54, 1.807) is 0 Å². The Morgan fingerprint density at radius 3 is 1.71 bits per heavy atom. The van der Waals surface area contributed by atoms with E-state index >= 15 is 0 Å². The molecule has 0 aliphatic rings. The molecule has 0 radical (unpaired) electrons. The topological polar surface area (TPSA) is 43.1 Å². The number of aryl methyl sites for hydroxylation is 1. The van der Waals surface area contributed by atoms with Gasteiger partial charge in [0.1, 0.15) is 5.78 Å². The molecule has 2 nitrogen and oxygen atoms in total. The smallest absolute Gasteiger partial charge is 0.143 e. The molecule has 14 heavy (non-hydrogen) atoms. The van der Waals surface area contributed by atoms with Gasteiger partial charge in [-0.05, 0) is 13.8 Å². The fourth-order valence-corrected chi connectivity index (χ4v) is 0.534. The van der Waals surface area contributed by atoms with Crippen LogP contribution in [-0.2, 0) is 4.79 Å². The van der Waals surface area contributed by atoms with Crippen molar-refractivity contribution < 1.29 is 4.79 Å². The largest absolute Gasteiger partial charge is 0.324 e. The molecular formula is C12H21NO. The number of Topliss-reactive ketones (excluding diaryl/α,β-unsaturated/α-hetero) is 1. The number of carbonyl (C=O) groups is 1. The molecule has 0 spiro atoms. The second kappa shape index (κ2) is 11.8. The van der Waals surface area contributed by atoms with Gasteiger partial charge in [0.25, 0.3) is 0 Å². The van der Waals surface area contributed by atoms with Gasteiger partial charge in [-0.15, -0.1) is 0 Å². The van der Waals surface area contributed by atoms with E-state index in [1.807, 2.05) is 32.0 Å². The Hall–Kier alpha value is -1.15. The average Bonchev–Trinajstić information content (AvgIpc) is 2.23. The first kappa shape index (κ1) is 15.3. The van der Waals surface area contributed by atoms with Gasteiger partial charge in [-0.1, -0.05) is 49.7 Å². The lowest BCUT2D eigenvalue weighted by atomic mass is 10.2. The van der Waals surface area contributed by atoms with Crippen LogP contribution in [0.1, 0.15) is 26.3 Å². The maximum atomic E-state index is 9.69. The Morgan fingerprint density at radius 2 is 1.57 bits per heavy atom. The molecule has 0 saturated heterocycles. The highest BCUT2D eigenvalue weighted by molar-refractivity contribution is 5.77. The van der Waals surface area contributed by atoms with Crippen molar-refractivity contribution in [3.8, 4) is 0 Å². The van der Waals surface area contributed by atoms with Crippen molar-refractivity contribution in [2.24, 2.45) is 5.73 Å². The number of nitrogens with two attached hydrogens (primary N) is 1. The van der Waals surface area contributed by atoms with Gasteiger partial charge >= 0.3 is 0 Å². The summed E-state index contributed by atoms with van der Waals surface area (Å²) in [6.45, 7) is 7.71. The van der Waals surface area contributed by atoms with Crippen molar-refractivity contribution in [3.05, 3.63) is 35.9 Å². The molecule has 0 aromatic heterocycles. The summed E-state index contributed by atoms with van der Waals surface area (Å²) in [6.07, 6.45) is 0. The van der Waals surface area contributed by atoms with Crippen LogP contribution in [0.25, 0.3) is 0 Å². The molecule has 2 N–H and O–H groups in total. The highest BCUT2D eigenvalue weighted by Crippen LogP contribution is 1.92. The average molecular weight is 195 g/mol. The number of benzene rings is 1. The number of ketones is 1. The molecule has 2 heteroatoms. The molecule has 0 bridgehead atoms. The van der Waals surface area contributed by atoms with Crippen LogP contribution < -0.4 is 5.73 Å². The highest BCUT2D eigenvalue weighted by atomic mass is 16.1. The molecule has 0 aliphatic heterocycles. The minimum Gasteiger partial charge on any atom is -0.324 e. The van der Waals surface area contributed by atoms with Crippen LogP contribution >= 0.6 is 0 Å². The van der Waals surface area contributed by atoms with Gasteiger partial charge < -0.3 is 5.73 Å². The van der Waals surface area contributed by atoms with Gasteiger partial charge in [-0.3, -0.25) is 4.79 Å². The predicted molar refractivity (Wildman–Crippen MR) is 62.3 cm³/mol. The van der Waals surface area contributed by atoms with Crippen molar-refractivity contribution in [2.75, 3.05) is 6.54 Å². The first-order valence-corrected chi connectivity index (χ1v) is 4.88. The SMILES string of the molecule is CC.CC(=O)CN.Cc1ccccc1. The summed E-state index contributed by atoms with van der Waals surface area (Å²) in [4.78, 5) is 9.69. The summed E-state index contributed by atoms with van der Waals surface area (Å²) in [6, 6.07) is 10.3. The van der Waals surface area contributed by atoms with Gasteiger partial charge in [0, 0.05) is 0 Å². The maximum Gasteiger partial charge on any atom is 0.143 e. The molecule has 0 unspecified atom stereocenters. The van der Waals surface area contributed by atoms with Crippen LogP contribution in [-0.4, -0.2) is 12.3 Å². The van der Waals surface area contributed by atoms with Crippen molar-refractivity contribution in [2.45, 2.75) is 27.7 Å². The van der Waals surface area contributed by atoms with E-state index in [0.29, 0.717) is 0 Å². The van der Waals surface area contributed by atoms with Crippen molar-refractivity contribution >= 4 is 5.78 Å². The third kappa shape index (κ3) is 13.4. The number of hydrogen-bond acceptors (Lipinski definition) is 2. The van der Waals surface area contributed by atoms with Crippen LogP contribution in [0.5, 0.6) is 0 Å². The summed E-state index contributed by atoms with van der Waals surface area (Å²) >= 11 is 0. The molecule has 0 fully saturated rings. The fraction of sp³-hybridized carbons (Fsp3) is 0.417. The van der Waals surface area contributed by atoms with E-state index in [0.717, 1.165) is 0 Å². The van der Waals surface area contributed by atoms with Crippen molar-refractivity contribution in [1.29, 1.82) is 0 Å². The van der Waals surface area contributed by atoms with E-state index in [1.165, 1.54) is 12.5 Å². The molecule has 0 aliphatic carbocycles. The molecule has 0 atom stereocenters. The highest BCUT2D eigenvalue weighted by Gasteiger charge is 1.77. The van der Waals surface area contributed by atoms with E-state index in [4.69, 9.17) is 5.73 Å². The van der Waals surface area contributed by atoms with Crippen LogP contribution in [0.4, 0.5) is 0 Å². The van der Waals surface area contributed by atoms with Gasteiger partial charge in [0.05, 0.1) is 6.54 Å². The Balaban J connectivity index is 0. The minimum absolute atomic E-state index is 0.0324. The maximum absolute atomic E-state index is 9.69. The summed E-state index contributed by atoms with van der Waals surface area (Å²) in [5.41, 5.74) is 6.14. The lowest BCUT2D eigenvalue weighted by Crippen LogP contribution is -2.07. The molecule has 1 aromatic carbocycles.